The number of fused-ring (bicyclic) bond motifs is 1. The maximum atomic E-state index is 12.6. The van der Waals surface area contributed by atoms with Crippen molar-refractivity contribution in [2.24, 2.45) is 0 Å². The fourth-order valence-corrected chi connectivity index (χ4v) is 3.07. The molecule has 0 aliphatic carbocycles. The summed E-state index contributed by atoms with van der Waals surface area (Å²) in [4.78, 5) is 12.6. The van der Waals surface area contributed by atoms with Crippen LogP contribution >= 0.6 is 0 Å². The number of H-pyrrole nitrogens is 1. The molecule has 0 spiro atoms. The Labute approximate surface area is 146 Å². The van der Waals surface area contributed by atoms with Gasteiger partial charge >= 0.3 is 0 Å². The number of nitrogens with one attached hydrogen (secondary N) is 2. The molecule has 1 aliphatic rings. The second kappa shape index (κ2) is 7.67. The standard InChI is InChI=1S/C18H23N3O4/c1-11-9-14-16(12(2)25-11)20-21-17(14)18(23)19-10-13-5-3-4-6-15(13)24-8-7-22/h3-6,11-12,22H,7-10H2,1-2H3,(H,19,23)(H,20,21)/t11-,12+/m1/s1. The number of rotatable bonds is 6. The van der Waals surface area contributed by atoms with Crippen LogP contribution in [0.15, 0.2) is 24.3 Å². The lowest BCUT2D eigenvalue weighted by molar-refractivity contribution is -0.00697. The molecule has 2 heterocycles. The van der Waals surface area contributed by atoms with E-state index in [2.05, 4.69) is 15.5 Å². The molecule has 0 fully saturated rings. The van der Waals surface area contributed by atoms with E-state index in [1.807, 2.05) is 38.1 Å². The summed E-state index contributed by atoms with van der Waals surface area (Å²) in [6.07, 6.45) is 0.620. The van der Waals surface area contributed by atoms with Gasteiger partial charge in [0.25, 0.3) is 5.91 Å². The highest BCUT2D eigenvalue weighted by atomic mass is 16.5. The molecule has 0 saturated carbocycles. The van der Waals surface area contributed by atoms with Gasteiger partial charge < -0.3 is 19.9 Å². The lowest BCUT2D eigenvalue weighted by atomic mass is 9.99. The molecule has 7 nitrogen and oxygen atoms in total. The first-order chi connectivity index (χ1) is 12.1. The van der Waals surface area contributed by atoms with Crippen molar-refractivity contribution < 1.29 is 19.4 Å². The summed E-state index contributed by atoms with van der Waals surface area (Å²) in [6.45, 7) is 4.42. The van der Waals surface area contributed by atoms with E-state index in [9.17, 15) is 4.79 Å². The van der Waals surface area contributed by atoms with Crippen molar-refractivity contribution in [1.29, 1.82) is 0 Å². The molecule has 3 N–H and O–H groups in total. The molecule has 1 aromatic carbocycles. The van der Waals surface area contributed by atoms with Crippen molar-refractivity contribution in [3.8, 4) is 5.75 Å². The van der Waals surface area contributed by atoms with Gasteiger partial charge in [-0.1, -0.05) is 18.2 Å². The third-order valence-electron chi connectivity index (χ3n) is 4.21. The van der Waals surface area contributed by atoms with Gasteiger partial charge in [-0.2, -0.15) is 5.10 Å². The van der Waals surface area contributed by atoms with Crippen molar-refractivity contribution >= 4 is 5.91 Å². The zero-order chi connectivity index (χ0) is 17.8. The average Bonchev–Trinajstić information content (AvgIpc) is 3.02. The third-order valence-corrected chi connectivity index (χ3v) is 4.21. The Morgan fingerprint density at radius 3 is 3.04 bits per heavy atom. The fourth-order valence-electron chi connectivity index (χ4n) is 3.07. The number of hydrogen-bond donors (Lipinski definition) is 3. The van der Waals surface area contributed by atoms with Crippen LogP contribution in [0.25, 0.3) is 0 Å². The first-order valence-electron chi connectivity index (χ1n) is 8.42. The van der Waals surface area contributed by atoms with Crippen molar-refractivity contribution in [2.45, 2.75) is 39.0 Å². The number of carbonyl (C=O) groups is 1. The average molecular weight is 345 g/mol. The van der Waals surface area contributed by atoms with Crippen LogP contribution in [0.2, 0.25) is 0 Å². The number of aliphatic hydroxyl groups is 1. The molecule has 3 rings (SSSR count). The van der Waals surface area contributed by atoms with Gasteiger partial charge in [0, 0.05) is 24.1 Å². The van der Waals surface area contributed by atoms with Crippen LogP contribution in [0.1, 0.15) is 47.3 Å². The Bertz CT molecular complexity index is 744. The third kappa shape index (κ3) is 3.83. The number of carbonyl (C=O) groups excluding carboxylic acids is 1. The number of para-hydroxylation sites is 1. The van der Waals surface area contributed by atoms with Gasteiger partial charge in [0.2, 0.25) is 0 Å². The van der Waals surface area contributed by atoms with Crippen molar-refractivity contribution in [3.63, 3.8) is 0 Å². The molecule has 0 unspecified atom stereocenters. The molecule has 1 amide bonds. The van der Waals surface area contributed by atoms with E-state index >= 15 is 0 Å². The monoisotopic (exact) mass is 345 g/mol. The topological polar surface area (TPSA) is 96.5 Å². The van der Waals surface area contributed by atoms with Crippen molar-refractivity contribution in [2.75, 3.05) is 13.2 Å². The maximum Gasteiger partial charge on any atom is 0.272 e. The number of aromatic nitrogens is 2. The van der Waals surface area contributed by atoms with Crippen molar-refractivity contribution in [1.82, 2.24) is 15.5 Å². The number of amides is 1. The number of nitrogens with zero attached hydrogens (tertiary/aromatic N) is 1. The van der Waals surface area contributed by atoms with Crippen LogP contribution in [-0.4, -0.2) is 40.5 Å². The predicted molar refractivity (Wildman–Crippen MR) is 91.4 cm³/mol. The van der Waals surface area contributed by atoms with Crippen LogP contribution in [0.5, 0.6) is 5.75 Å². The van der Waals surface area contributed by atoms with Crippen LogP contribution in [0.4, 0.5) is 0 Å². The second-order valence-electron chi connectivity index (χ2n) is 6.12. The van der Waals surface area contributed by atoms with Crippen LogP contribution < -0.4 is 10.1 Å². The summed E-state index contributed by atoms with van der Waals surface area (Å²) in [7, 11) is 0. The second-order valence-corrected chi connectivity index (χ2v) is 6.12. The predicted octanol–water partition coefficient (Wildman–Crippen LogP) is 1.73. The van der Waals surface area contributed by atoms with Gasteiger partial charge in [0.05, 0.1) is 24.5 Å². The van der Waals surface area contributed by atoms with E-state index in [0.29, 0.717) is 24.4 Å². The molecule has 25 heavy (non-hydrogen) atoms. The van der Waals surface area contributed by atoms with Gasteiger partial charge in [-0.3, -0.25) is 9.89 Å². The van der Waals surface area contributed by atoms with Gasteiger partial charge in [0.1, 0.15) is 12.4 Å². The molecule has 134 valence electrons. The molecular formula is C18H23N3O4. The van der Waals surface area contributed by atoms with E-state index in [1.165, 1.54) is 0 Å². The Kier molecular flexibility index (Phi) is 5.35. The molecule has 2 atom stereocenters. The molecule has 0 saturated heterocycles. The fraction of sp³-hybridized carbons (Fsp3) is 0.444. The van der Waals surface area contributed by atoms with Crippen LogP contribution in [-0.2, 0) is 17.7 Å². The SMILES string of the molecule is C[C@@H]1Cc2c(C(=O)NCc3ccccc3OCCO)n[nH]c2[C@H](C)O1. The van der Waals surface area contributed by atoms with E-state index < -0.39 is 0 Å². The van der Waals surface area contributed by atoms with Gasteiger partial charge in [-0.05, 0) is 19.9 Å². The molecule has 1 aromatic heterocycles. The number of hydrogen-bond acceptors (Lipinski definition) is 5. The zero-order valence-corrected chi connectivity index (χ0v) is 14.4. The molecule has 0 bridgehead atoms. The van der Waals surface area contributed by atoms with E-state index in [-0.39, 0.29) is 31.3 Å². The normalized spacial score (nSPS) is 19.3. The first-order valence-corrected chi connectivity index (χ1v) is 8.42. The Morgan fingerprint density at radius 2 is 2.24 bits per heavy atom. The number of ether oxygens (including phenoxy) is 2. The summed E-state index contributed by atoms with van der Waals surface area (Å²) >= 11 is 0. The largest absolute Gasteiger partial charge is 0.491 e. The summed E-state index contributed by atoms with van der Waals surface area (Å²) in [5.41, 5.74) is 3.06. The smallest absolute Gasteiger partial charge is 0.272 e. The molecule has 2 aromatic rings. The van der Waals surface area contributed by atoms with E-state index in [0.717, 1.165) is 16.8 Å². The number of aliphatic hydroxyl groups excluding tert-OH is 1. The lowest BCUT2D eigenvalue weighted by Crippen LogP contribution is -2.27. The van der Waals surface area contributed by atoms with Gasteiger partial charge in [-0.15, -0.1) is 0 Å². The Morgan fingerprint density at radius 1 is 1.44 bits per heavy atom. The Balaban J connectivity index is 1.70. The number of benzene rings is 1. The van der Waals surface area contributed by atoms with E-state index in [4.69, 9.17) is 14.6 Å². The highest BCUT2D eigenvalue weighted by molar-refractivity contribution is 5.94. The molecule has 1 aliphatic heterocycles. The minimum Gasteiger partial charge on any atom is -0.491 e. The maximum absolute atomic E-state index is 12.6. The van der Waals surface area contributed by atoms with Crippen LogP contribution in [0.3, 0.4) is 0 Å². The van der Waals surface area contributed by atoms with Crippen LogP contribution in [0, 0.1) is 0 Å². The zero-order valence-electron chi connectivity index (χ0n) is 14.4. The highest BCUT2D eigenvalue weighted by Crippen LogP contribution is 2.30. The first kappa shape index (κ1) is 17.4. The van der Waals surface area contributed by atoms with Gasteiger partial charge in [0.15, 0.2) is 5.69 Å². The Hall–Kier alpha value is -2.38. The summed E-state index contributed by atoms with van der Waals surface area (Å²) in [6, 6.07) is 7.43. The summed E-state index contributed by atoms with van der Waals surface area (Å²) in [5.74, 6) is 0.423. The quantitative estimate of drug-likeness (QED) is 0.741. The van der Waals surface area contributed by atoms with Gasteiger partial charge in [-0.25, -0.2) is 0 Å². The summed E-state index contributed by atoms with van der Waals surface area (Å²) in [5, 5.41) is 18.9. The van der Waals surface area contributed by atoms with Crippen molar-refractivity contribution in [3.05, 3.63) is 46.8 Å². The lowest BCUT2D eigenvalue weighted by Gasteiger charge is -2.25. The minimum absolute atomic E-state index is 0.0549. The minimum atomic E-state index is -0.226. The van der Waals surface area contributed by atoms with E-state index in [1.54, 1.807) is 0 Å². The number of aromatic amines is 1. The molecule has 7 heteroatoms. The molecule has 0 radical (unpaired) electrons. The summed E-state index contributed by atoms with van der Waals surface area (Å²) < 4.78 is 11.2. The highest BCUT2D eigenvalue weighted by Gasteiger charge is 2.29. The molecular weight excluding hydrogens is 322 g/mol.